The number of hydrogen-bond donors (Lipinski definition) is 2. The normalized spacial score (nSPS) is 17.2. The van der Waals surface area contributed by atoms with Crippen molar-refractivity contribution in [2.45, 2.75) is 44.9 Å². The molecule has 2 rings (SSSR count). The minimum absolute atomic E-state index is 0.0192. The standard InChI is InChI=1S/C21H27N3O5S/c1-21(2,3)29-20(27)16(24-17(25)14(22)10-11-30-4)18-23-15(19(26)28-18)12-13-8-6-5-7-9-13/h5-9,12,14,16H,10-11,22H2,1-4H3,(H,24,25)/t14-,16?/m1/s1. The number of ether oxygens (including phenoxy) is 2. The summed E-state index contributed by atoms with van der Waals surface area (Å²) in [5, 5.41) is 2.51. The van der Waals surface area contributed by atoms with Gasteiger partial charge in [0, 0.05) is 0 Å². The molecule has 1 heterocycles. The van der Waals surface area contributed by atoms with E-state index in [2.05, 4.69) is 10.3 Å². The molecule has 162 valence electrons. The number of carbonyl (C=O) groups is 3. The van der Waals surface area contributed by atoms with E-state index in [1.54, 1.807) is 44.7 Å². The zero-order chi connectivity index (χ0) is 22.3. The number of carbonyl (C=O) groups excluding carboxylic acids is 3. The van der Waals surface area contributed by atoms with E-state index < -0.39 is 35.5 Å². The number of hydrogen-bond acceptors (Lipinski definition) is 8. The molecule has 9 heteroatoms. The van der Waals surface area contributed by atoms with Crippen molar-refractivity contribution in [3.05, 3.63) is 41.6 Å². The van der Waals surface area contributed by atoms with E-state index >= 15 is 0 Å². The Morgan fingerprint density at radius 2 is 1.97 bits per heavy atom. The number of rotatable bonds is 8. The van der Waals surface area contributed by atoms with E-state index in [0.717, 1.165) is 5.56 Å². The van der Waals surface area contributed by atoms with Crippen molar-refractivity contribution in [2.24, 2.45) is 10.7 Å². The maximum atomic E-state index is 12.7. The second kappa shape index (κ2) is 10.4. The summed E-state index contributed by atoms with van der Waals surface area (Å²) in [7, 11) is 0. The summed E-state index contributed by atoms with van der Waals surface area (Å²) in [6.45, 7) is 5.07. The van der Waals surface area contributed by atoms with Crippen molar-refractivity contribution in [2.75, 3.05) is 12.0 Å². The van der Waals surface area contributed by atoms with Gasteiger partial charge in [0.1, 0.15) is 5.60 Å². The van der Waals surface area contributed by atoms with Gasteiger partial charge in [0.05, 0.1) is 6.04 Å². The Bertz CT molecular complexity index is 846. The molecule has 1 amide bonds. The van der Waals surface area contributed by atoms with Gasteiger partial charge in [-0.25, -0.2) is 14.6 Å². The molecule has 1 aliphatic heterocycles. The van der Waals surface area contributed by atoms with Crippen LogP contribution in [0.25, 0.3) is 6.08 Å². The van der Waals surface area contributed by atoms with Crippen LogP contribution in [0.2, 0.25) is 0 Å². The third-order valence-corrected chi connectivity index (χ3v) is 4.53. The van der Waals surface area contributed by atoms with Crippen LogP contribution in [0.4, 0.5) is 0 Å². The number of esters is 2. The molecule has 2 atom stereocenters. The van der Waals surface area contributed by atoms with E-state index in [9.17, 15) is 14.4 Å². The minimum Gasteiger partial charge on any atom is -0.458 e. The molecule has 8 nitrogen and oxygen atoms in total. The molecule has 1 unspecified atom stereocenters. The van der Waals surface area contributed by atoms with Gasteiger partial charge in [-0.05, 0) is 50.8 Å². The molecule has 0 saturated carbocycles. The molecule has 0 aromatic heterocycles. The van der Waals surface area contributed by atoms with E-state index in [0.29, 0.717) is 12.2 Å². The molecule has 0 radical (unpaired) electrons. The van der Waals surface area contributed by atoms with Gasteiger partial charge in [-0.15, -0.1) is 0 Å². The summed E-state index contributed by atoms with van der Waals surface area (Å²) >= 11 is 1.56. The van der Waals surface area contributed by atoms with Crippen LogP contribution in [0.1, 0.15) is 32.8 Å². The number of cyclic esters (lactones) is 1. The Kier molecular flexibility index (Phi) is 8.19. The largest absolute Gasteiger partial charge is 0.458 e. The van der Waals surface area contributed by atoms with Gasteiger partial charge in [-0.2, -0.15) is 11.8 Å². The number of nitrogens with two attached hydrogens (primary N) is 1. The first-order valence-corrected chi connectivity index (χ1v) is 10.9. The molecule has 3 N–H and O–H groups in total. The molecule has 0 bridgehead atoms. The lowest BCUT2D eigenvalue weighted by molar-refractivity contribution is -0.157. The first-order valence-electron chi connectivity index (χ1n) is 9.46. The van der Waals surface area contributed by atoms with Crippen molar-refractivity contribution >= 4 is 41.6 Å². The highest BCUT2D eigenvalue weighted by Crippen LogP contribution is 2.19. The minimum atomic E-state index is -1.39. The molecular weight excluding hydrogens is 406 g/mol. The molecule has 1 aromatic rings. The zero-order valence-electron chi connectivity index (χ0n) is 17.5. The summed E-state index contributed by atoms with van der Waals surface area (Å²) < 4.78 is 10.6. The lowest BCUT2D eigenvalue weighted by Gasteiger charge is -2.24. The third kappa shape index (κ3) is 7.00. The van der Waals surface area contributed by atoms with Crippen LogP contribution < -0.4 is 11.1 Å². The molecule has 0 fully saturated rings. The maximum Gasteiger partial charge on any atom is 0.363 e. The van der Waals surface area contributed by atoms with Crippen molar-refractivity contribution in [1.82, 2.24) is 5.32 Å². The summed E-state index contributed by atoms with van der Waals surface area (Å²) in [5.74, 6) is -1.63. The summed E-state index contributed by atoms with van der Waals surface area (Å²) in [4.78, 5) is 41.6. The van der Waals surface area contributed by atoms with Gasteiger partial charge in [-0.1, -0.05) is 30.3 Å². The average Bonchev–Trinajstić information content (AvgIpc) is 3.03. The molecule has 0 aliphatic carbocycles. The van der Waals surface area contributed by atoms with Gasteiger partial charge in [0.15, 0.2) is 5.70 Å². The molecule has 30 heavy (non-hydrogen) atoms. The predicted octanol–water partition coefficient (Wildman–Crippen LogP) is 1.89. The first-order chi connectivity index (χ1) is 14.1. The van der Waals surface area contributed by atoms with Gasteiger partial charge in [0.25, 0.3) is 0 Å². The molecule has 0 saturated heterocycles. The number of amides is 1. The number of benzene rings is 1. The van der Waals surface area contributed by atoms with E-state index in [4.69, 9.17) is 15.2 Å². The Labute approximate surface area is 180 Å². The quantitative estimate of drug-likeness (QED) is 0.474. The predicted molar refractivity (Wildman–Crippen MR) is 117 cm³/mol. The number of thioether (sulfide) groups is 1. The number of nitrogens with one attached hydrogen (secondary N) is 1. The van der Waals surface area contributed by atoms with Crippen molar-refractivity contribution in [1.29, 1.82) is 0 Å². The Hall–Kier alpha value is -2.65. The molecule has 0 spiro atoms. The van der Waals surface area contributed by atoms with Crippen LogP contribution in [-0.4, -0.2) is 53.4 Å². The SMILES string of the molecule is CSCC[C@@H](N)C(=O)NC(C(=O)OC(C)(C)C)C1=NC(=Cc2ccccc2)C(=O)O1. The van der Waals surface area contributed by atoms with Gasteiger partial charge in [0.2, 0.25) is 17.8 Å². The van der Waals surface area contributed by atoms with Crippen LogP contribution in [-0.2, 0) is 23.9 Å². The average molecular weight is 434 g/mol. The molecular formula is C21H27N3O5S. The van der Waals surface area contributed by atoms with Crippen molar-refractivity contribution in [3.63, 3.8) is 0 Å². The fourth-order valence-electron chi connectivity index (χ4n) is 2.46. The first kappa shape index (κ1) is 23.6. The van der Waals surface area contributed by atoms with Crippen molar-refractivity contribution < 1.29 is 23.9 Å². The van der Waals surface area contributed by atoms with E-state index in [-0.39, 0.29) is 11.6 Å². The summed E-state index contributed by atoms with van der Waals surface area (Å²) in [6.07, 6.45) is 3.87. The highest BCUT2D eigenvalue weighted by Gasteiger charge is 2.38. The van der Waals surface area contributed by atoms with Crippen LogP contribution >= 0.6 is 11.8 Å². The van der Waals surface area contributed by atoms with Crippen molar-refractivity contribution in [3.8, 4) is 0 Å². The topological polar surface area (TPSA) is 120 Å². The van der Waals surface area contributed by atoms with Gasteiger partial charge >= 0.3 is 11.9 Å². The Balaban J connectivity index is 2.28. The van der Waals surface area contributed by atoms with Gasteiger partial charge < -0.3 is 20.5 Å². The highest BCUT2D eigenvalue weighted by atomic mass is 32.2. The second-order valence-electron chi connectivity index (χ2n) is 7.64. The van der Waals surface area contributed by atoms with Crippen LogP contribution in [0.3, 0.4) is 0 Å². The monoisotopic (exact) mass is 433 g/mol. The lowest BCUT2D eigenvalue weighted by atomic mass is 10.1. The smallest absolute Gasteiger partial charge is 0.363 e. The number of nitrogens with zero attached hydrogens (tertiary/aromatic N) is 1. The third-order valence-electron chi connectivity index (χ3n) is 3.89. The van der Waals surface area contributed by atoms with E-state index in [1.165, 1.54) is 6.08 Å². The maximum absolute atomic E-state index is 12.7. The highest BCUT2D eigenvalue weighted by molar-refractivity contribution is 7.98. The Morgan fingerprint density at radius 1 is 1.30 bits per heavy atom. The lowest BCUT2D eigenvalue weighted by Crippen LogP contribution is -2.53. The van der Waals surface area contributed by atoms with Crippen LogP contribution in [0, 0.1) is 0 Å². The van der Waals surface area contributed by atoms with Crippen LogP contribution in [0.5, 0.6) is 0 Å². The zero-order valence-corrected chi connectivity index (χ0v) is 18.3. The van der Waals surface area contributed by atoms with Crippen LogP contribution in [0.15, 0.2) is 41.0 Å². The molecule has 1 aliphatic rings. The summed E-state index contributed by atoms with van der Waals surface area (Å²) in [5.41, 5.74) is 5.85. The Morgan fingerprint density at radius 3 is 2.57 bits per heavy atom. The van der Waals surface area contributed by atoms with E-state index in [1.807, 2.05) is 24.5 Å². The van der Waals surface area contributed by atoms with Gasteiger partial charge in [-0.3, -0.25) is 4.79 Å². The second-order valence-corrected chi connectivity index (χ2v) is 8.63. The molecule has 1 aromatic carbocycles. The fourth-order valence-corrected chi connectivity index (χ4v) is 2.95. The summed E-state index contributed by atoms with van der Waals surface area (Å²) in [6, 6.07) is 6.87. The fraction of sp³-hybridized carbons (Fsp3) is 0.429. The number of aliphatic imine (C=N–C) groups is 1.